The second-order valence-electron chi connectivity index (χ2n) is 11.6. The number of rotatable bonds is 15. The van der Waals surface area contributed by atoms with Gasteiger partial charge in [0.2, 0.25) is 11.9 Å². The van der Waals surface area contributed by atoms with E-state index in [1.807, 2.05) is 28.0 Å². The molecule has 0 aliphatic carbocycles. The topological polar surface area (TPSA) is 102 Å². The van der Waals surface area contributed by atoms with Crippen LogP contribution in [0.5, 0.6) is 5.75 Å². The number of benzene rings is 1. The fourth-order valence-corrected chi connectivity index (χ4v) is 7.65. The van der Waals surface area contributed by atoms with Crippen LogP contribution in [-0.2, 0) is 17.9 Å². The lowest BCUT2D eigenvalue weighted by atomic mass is 10.1. The zero-order valence-electron chi connectivity index (χ0n) is 25.8. The number of hydrogen-bond acceptors (Lipinski definition) is 9. The molecule has 1 aliphatic heterocycles. The van der Waals surface area contributed by atoms with Crippen molar-refractivity contribution in [2.24, 2.45) is 0 Å². The van der Waals surface area contributed by atoms with Crippen molar-refractivity contribution >= 4 is 50.3 Å². The Balaban J connectivity index is 1.37. The molecule has 1 amide bonds. The molecule has 3 aromatic rings. The number of aromatic nitrogens is 3. The number of nitrogens with one attached hydrogen (secondary N) is 1. The van der Waals surface area contributed by atoms with Crippen molar-refractivity contribution < 1.29 is 9.53 Å². The third-order valence-electron chi connectivity index (χ3n) is 7.77. The lowest BCUT2D eigenvalue weighted by Crippen LogP contribution is -2.48. The Morgan fingerprint density at radius 1 is 1.12 bits per heavy atom. The summed E-state index contributed by atoms with van der Waals surface area (Å²) in [6.45, 7) is 12.3. The van der Waals surface area contributed by atoms with Gasteiger partial charge in [-0.3, -0.25) is 9.69 Å². The number of methoxy groups -OCH3 is 1. The molecular formula is C31H47N7O2S2. The summed E-state index contributed by atoms with van der Waals surface area (Å²) in [6.07, 6.45) is 9.07. The third-order valence-corrected chi connectivity index (χ3v) is 10.4. The molecule has 0 spiro atoms. The number of hydrogen-bond donors (Lipinski definition) is 2. The summed E-state index contributed by atoms with van der Waals surface area (Å²) in [7, 11) is 5.34. The Hall–Kier alpha value is -2.63. The molecule has 3 heterocycles. The minimum Gasteiger partial charge on any atom is -0.496 e. The van der Waals surface area contributed by atoms with E-state index in [4.69, 9.17) is 10.5 Å². The van der Waals surface area contributed by atoms with Crippen LogP contribution in [0.15, 0.2) is 30.5 Å². The molecule has 11 heteroatoms. The van der Waals surface area contributed by atoms with Crippen molar-refractivity contribution in [1.29, 1.82) is 0 Å². The maximum Gasteiger partial charge on any atom is 0.222 e. The van der Waals surface area contributed by atoms with Gasteiger partial charge in [-0.2, -0.15) is 4.98 Å². The number of unbranched alkanes of at least 4 members (excludes halogenated alkanes) is 2. The second-order valence-corrected chi connectivity index (χ2v) is 14.7. The molecule has 0 atom stereocenters. The zero-order valence-corrected chi connectivity index (χ0v) is 27.5. The van der Waals surface area contributed by atoms with Crippen molar-refractivity contribution in [3.63, 3.8) is 0 Å². The quantitative estimate of drug-likeness (QED) is 0.161. The van der Waals surface area contributed by atoms with E-state index in [1.165, 1.54) is 18.4 Å². The predicted octanol–water partition coefficient (Wildman–Crippen LogP) is 5.89. The maximum atomic E-state index is 12.8. The maximum absolute atomic E-state index is 12.8. The van der Waals surface area contributed by atoms with Crippen molar-refractivity contribution in [3.8, 4) is 5.75 Å². The molecule has 0 saturated carbocycles. The number of ether oxygens (including phenoxy) is 1. The van der Waals surface area contributed by atoms with E-state index in [2.05, 4.69) is 70.0 Å². The van der Waals surface area contributed by atoms with E-state index >= 15 is 0 Å². The summed E-state index contributed by atoms with van der Waals surface area (Å²) in [5.74, 6) is 2.19. The van der Waals surface area contributed by atoms with Crippen LogP contribution >= 0.6 is 21.6 Å². The molecule has 3 N–H and O–H groups in total. The summed E-state index contributed by atoms with van der Waals surface area (Å²) < 4.78 is 8.12. The minimum atomic E-state index is 0.117. The number of amides is 1. The van der Waals surface area contributed by atoms with Gasteiger partial charge in [0.1, 0.15) is 11.3 Å². The first kappa shape index (κ1) is 32.3. The number of nitrogens with zero attached hydrogens (tertiary/aromatic N) is 5. The standard InChI is InChI=1S/C31H47N7O2S2/c1-6-7-8-14-33-29-28-25(34-30(32)35-29)12-15-38(28)22-24-10-9-23(20-26(24)40-4)21-36-16-18-37(19-17-36)27(39)11-13-31(2,3)42-41-5/h9-10,12,15,20H,6-8,11,13-14,16-19,21-22H2,1-5H3,(H3,32,33,34,35). The number of carbonyl (C=O) groups excluding carboxylic acids is 1. The van der Waals surface area contributed by atoms with Crippen LogP contribution in [0.1, 0.15) is 64.0 Å². The van der Waals surface area contributed by atoms with Gasteiger partial charge in [-0.25, -0.2) is 4.98 Å². The SMILES string of the molecule is CCCCCNc1nc(N)nc2ccn(Cc3ccc(CN4CCN(C(=O)CCC(C)(C)SSC)CC4)cc3OC)c12. The minimum absolute atomic E-state index is 0.117. The van der Waals surface area contributed by atoms with Crippen molar-refractivity contribution in [3.05, 3.63) is 41.6 Å². The van der Waals surface area contributed by atoms with Gasteiger partial charge in [-0.05, 0) is 50.6 Å². The van der Waals surface area contributed by atoms with Crippen LogP contribution in [0.2, 0.25) is 0 Å². The zero-order chi connectivity index (χ0) is 30.1. The largest absolute Gasteiger partial charge is 0.496 e. The van der Waals surface area contributed by atoms with Crippen molar-refractivity contribution in [1.82, 2.24) is 24.3 Å². The van der Waals surface area contributed by atoms with E-state index in [-0.39, 0.29) is 16.6 Å². The van der Waals surface area contributed by atoms with Gasteiger partial charge in [-0.15, -0.1) is 0 Å². The fraction of sp³-hybridized carbons (Fsp3) is 0.581. The van der Waals surface area contributed by atoms with Crippen LogP contribution in [-0.4, -0.2) is 81.1 Å². The van der Waals surface area contributed by atoms with Crippen molar-refractivity contribution in [2.45, 2.75) is 70.7 Å². The summed E-state index contributed by atoms with van der Waals surface area (Å²) >= 11 is 0. The smallest absolute Gasteiger partial charge is 0.222 e. The van der Waals surface area contributed by atoms with Crippen LogP contribution in [0, 0.1) is 0 Å². The second kappa shape index (κ2) is 15.2. The first-order valence-corrected chi connectivity index (χ1v) is 17.5. The molecule has 9 nitrogen and oxygen atoms in total. The molecule has 1 saturated heterocycles. The normalized spacial score (nSPS) is 14.5. The Kier molecular flexibility index (Phi) is 11.7. The number of anilines is 2. The Morgan fingerprint density at radius 3 is 2.62 bits per heavy atom. The average molecular weight is 614 g/mol. The van der Waals surface area contributed by atoms with E-state index in [9.17, 15) is 4.79 Å². The van der Waals surface area contributed by atoms with Gasteiger partial charge in [0.05, 0.1) is 19.2 Å². The summed E-state index contributed by atoms with van der Waals surface area (Å²) in [6, 6.07) is 8.47. The molecular weight excluding hydrogens is 567 g/mol. The Morgan fingerprint density at radius 2 is 1.90 bits per heavy atom. The molecule has 0 unspecified atom stereocenters. The van der Waals surface area contributed by atoms with Crippen LogP contribution in [0.4, 0.5) is 11.8 Å². The van der Waals surface area contributed by atoms with Crippen LogP contribution < -0.4 is 15.8 Å². The molecule has 0 bridgehead atoms. The lowest BCUT2D eigenvalue weighted by molar-refractivity contribution is -0.133. The third kappa shape index (κ3) is 8.70. The van der Waals surface area contributed by atoms with E-state index in [1.54, 1.807) is 17.9 Å². The molecule has 230 valence electrons. The van der Waals surface area contributed by atoms with Crippen molar-refractivity contribution in [2.75, 3.05) is 57.1 Å². The first-order valence-electron chi connectivity index (χ1n) is 15.0. The van der Waals surface area contributed by atoms with Gasteiger partial charge in [0, 0.05) is 62.2 Å². The van der Waals surface area contributed by atoms with Gasteiger partial charge < -0.3 is 25.3 Å². The monoisotopic (exact) mass is 613 g/mol. The molecule has 4 rings (SSSR count). The van der Waals surface area contributed by atoms with Crippen LogP contribution in [0.25, 0.3) is 11.0 Å². The van der Waals surface area contributed by atoms with Gasteiger partial charge >= 0.3 is 0 Å². The number of piperazine rings is 1. The van der Waals surface area contributed by atoms with E-state index in [0.717, 1.165) is 80.3 Å². The number of carbonyl (C=O) groups is 1. The van der Waals surface area contributed by atoms with Crippen LogP contribution in [0.3, 0.4) is 0 Å². The highest BCUT2D eigenvalue weighted by Gasteiger charge is 2.25. The number of nitrogens with two attached hydrogens (primary N) is 1. The lowest BCUT2D eigenvalue weighted by Gasteiger charge is -2.35. The molecule has 1 aliphatic rings. The number of fused-ring (bicyclic) bond motifs is 1. The Labute approximate surface area is 258 Å². The highest BCUT2D eigenvalue weighted by atomic mass is 33.1. The molecule has 0 radical (unpaired) electrons. The fourth-order valence-electron chi connectivity index (χ4n) is 5.41. The highest BCUT2D eigenvalue weighted by molar-refractivity contribution is 8.76. The van der Waals surface area contributed by atoms with E-state index < -0.39 is 0 Å². The first-order chi connectivity index (χ1) is 20.2. The summed E-state index contributed by atoms with van der Waals surface area (Å²) in [5, 5.41) is 3.47. The summed E-state index contributed by atoms with van der Waals surface area (Å²) in [5.41, 5.74) is 10.1. The predicted molar refractivity (Wildman–Crippen MR) is 178 cm³/mol. The highest BCUT2D eigenvalue weighted by Crippen LogP contribution is 2.37. The summed E-state index contributed by atoms with van der Waals surface area (Å²) in [4.78, 5) is 26.2. The van der Waals surface area contributed by atoms with Gasteiger partial charge in [0.25, 0.3) is 0 Å². The average Bonchev–Trinajstić information content (AvgIpc) is 3.37. The Bertz CT molecular complexity index is 1320. The van der Waals surface area contributed by atoms with Gasteiger partial charge in [0.15, 0.2) is 5.82 Å². The molecule has 42 heavy (non-hydrogen) atoms. The van der Waals surface area contributed by atoms with E-state index in [0.29, 0.717) is 13.0 Å². The molecule has 1 fully saturated rings. The number of nitrogen functional groups attached to an aromatic ring is 1. The molecule has 2 aromatic heterocycles. The molecule has 1 aromatic carbocycles. The van der Waals surface area contributed by atoms with Gasteiger partial charge in [-0.1, -0.05) is 53.5 Å².